The van der Waals surface area contributed by atoms with Gasteiger partial charge in [-0.2, -0.15) is 4.31 Å². The lowest BCUT2D eigenvalue weighted by Crippen LogP contribution is -2.40. The zero-order valence-electron chi connectivity index (χ0n) is 15.9. The van der Waals surface area contributed by atoms with Crippen molar-refractivity contribution in [3.8, 4) is 0 Å². The Labute approximate surface area is 165 Å². The van der Waals surface area contributed by atoms with Crippen LogP contribution in [0.2, 0.25) is 0 Å². The summed E-state index contributed by atoms with van der Waals surface area (Å²) in [6.45, 7) is 2.04. The molecule has 1 heterocycles. The molecule has 0 amide bonds. The first-order chi connectivity index (χ1) is 13.5. The number of para-hydroxylation sites is 1. The van der Waals surface area contributed by atoms with Gasteiger partial charge in [0.25, 0.3) is 0 Å². The zero-order valence-corrected chi connectivity index (χ0v) is 16.7. The maximum absolute atomic E-state index is 13.0. The molecule has 0 bridgehead atoms. The molecule has 152 valence electrons. The number of morpholine rings is 1. The molecule has 1 fully saturated rings. The number of rotatable bonds is 8. The van der Waals surface area contributed by atoms with Crippen molar-refractivity contribution in [1.82, 2.24) is 4.31 Å². The lowest BCUT2D eigenvalue weighted by molar-refractivity contribution is 0.0730. The Morgan fingerprint density at radius 3 is 2.50 bits per heavy atom. The molecule has 1 aliphatic heterocycles. The number of nitrogens with zero attached hydrogens (tertiary/aromatic N) is 1. The molecule has 2 aromatic carbocycles. The number of anilines is 1. The van der Waals surface area contributed by atoms with Crippen molar-refractivity contribution in [2.45, 2.75) is 17.5 Å². The fourth-order valence-electron chi connectivity index (χ4n) is 3.05. The number of aliphatic hydroxyl groups is 1. The van der Waals surface area contributed by atoms with E-state index in [4.69, 9.17) is 9.47 Å². The van der Waals surface area contributed by atoms with Gasteiger partial charge in [-0.05, 0) is 24.1 Å². The minimum absolute atomic E-state index is 0.146. The molecule has 8 heteroatoms. The predicted octanol–water partition coefficient (Wildman–Crippen LogP) is 2.00. The normalized spacial score (nSPS) is 16.6. The molecule has 2 aromatic rings. The van der Waals surface area contributed by atoms with Crippen LogP contribution >= 0.6 is 0 Å². The molecule has 0 saturated carbocycles. The number of hydrogen-bond donors (Lipinski definition) is 2. The monoisotopic (exact) mass is 406 g/mol. The van der Waals surface area contributed by atoms with Crippen LogP contribution < -0.4 is 5.32 Å². The summed E-state index contributed by atoms with van der Waals surface area (Å²) in [4.78, 5) is 0.146. The lowest BCUT2D eigenvalue weighted by atomic mass is 10.1. The quantitative estimate of drug-likeness (QED) is 0.652. The predicted molar refractivity (Wildman–Crippen MR) is 107 cm³/mol. The molecule has 0 radical (unpaired) electrons. The van der Waals surface area contributed by atoms with Gasteiger partial charge >= 0.3 is 0 Å². The third-order valence-corrected chi connectivity index (χ3v) is 6.61. The van der Waals surface area contributed by atoms with Gasteiger partial charge in [-0.15, -0.1) is 0 Å². The van der Waals surface area contributed by atoms with Crippen molar-refractivity contribution in [1.29, 1.82) is 0 Å². The van der Waals surface area contributed by atoms with Crippen molar-refractivity contribution in [3.05, 3.63) is 59.7 Å². The second-order valence-electron chi connectivity index (χ2n) is 6.54. The van der Waals surface area contributed by atoms with Gasteiger partial charge in [-0.1, -0.05) is 36.4 Å². The van der Waals surface area contributed by atoms with Gasteiger partial charge in [-0.25, -0.2) is 8.42 Å². The van der Waals surface area contributed by atoms with Gasteiger partial charge < -0.3 is 19.9 Å². The van der Waals surface area contributed by atoms with Gasteiger partial charge in [0.15, 0.2) is 6.23 Å². The summed E-state index contributed by atoms with van der Waals surface area (Å²) in [5, 5.41) is 13.5. The highest BCUT2D eigenvalue weighted by molar-refractivity contribution is 7.89. The number of ether oxygens (including phenoxy) is 2. The molecule has 2 N–H and O–H groups in total. The molecular weight excluding hydrogens is 380 g/mol. The molecule has 7 nitrogen and oxygen atoms in total. The van der Waals surface area contributed by atoms with Crippen LogP contribution in [0.4, 0.5) is 5.69 Å². The van der Waals surface area contributed by atoms with Gasteiger partial charge in [0.2, 0.25) is 10.0 Å². The molecule has 0 spiro atoms. The van der Waals surface area contributed by atoms with Crippen molar-refractivity contribution >= 4 is 15.7 Å². The molecular formula is C20H26N2O5S. The fourth-order valence-corrected chi connectivity index (χ4v) is 4.62. The Hall–Kier alpha value is -1.97. The number of aliphatic hydroxyl groups excluding tert-OH is 1. The molecule has 1 unspecified atom stereocenters. The van der Waals surface area contributed by atoms with Gasteiger partial charge in [0, 0.05) is 25.8 Å². The van der Waals surface area contributed by atoms with E-state index in [-0.39, 0.29) is 4.90 Å². The van der Waals surface area contributed by atoms with E-state index in [1.807, 2.05) is 24.3 Å². The first-order valence-electron chi connectivity index (χ1n) is 9.21. The van der Waals surface area contributed by atoms with Crippen LogP contribution in [0, 0.1) is 0 Å². The minimum Gasteiger partial charge on any atom is -0.384 e. The molecule has 28 heavy (non-hydrogen) atoms. The number of sulfonamides is 1. The van der Waals surface area contributed by atoms with E-state index in [2.05, 4.69) is 5.32 Å². The van der Waals surface area contributed by atoms with Crippen LogP contribution in [0.3, 0.4) is 0 Å². The van der Waals surface area contributed by atoms with Crippen molar-refractivity contribution < 1.29 is 23.0 Å². The topological polar surface area (TPSA) is 88.1 Å². The summed E-state index contributed by atoms with van der Waals surface area (Å²) >= 11 is 0. The summed E-state index contributed by atoms with van der Waals surface area (Å²) in [6.07, 6.45) is -0.237. The molecule has 1 atom stereocenters. The van der Waals surface area contributed by atoms with Crippen LogP contribution in [0.25, 0.3) is 0 Å². The van der Waals surface area contributed by atoms with Crippen LogP contribution in [-0.2, 0) is 25.9 Å². The zero-order chi connectivity index (χ0) is 20.0. The number of hydrogen-bond acceptors (Lipinski definition) is 6. The smallest absolute Gasteiger partial charge is 0.245 e. The number of methoxy groups -OCH3 is 1. The highest BCUT2D eigenvalue weighted by Gasteiger charge is 2.28. The van der Waals surface area contributed by atoms with Crippen molar-refractivity contribution in [2.75, 3.05) is 45.3 Å². The van der Waals surface area contributed by atoms with Crippen molar-refractivity contribution in [2.24, 2.45) is 0 Å². The van der Waals surface area contributed by atoms with E-state index in [0.717, 1.165) is 12.0 Å². The molecule has 1 saturated heterocycles. The molecule has 3 rings (SSSR count). The van der Waals surface area contributed by atoms with E-state index >= 15 is 0 Å². The van der Waals surface area contributed by atoms with Gasteiger partial charge in [0.05, 0.1) is 25.5 Å². The largest absolute Gasteiger partial charge is 0.384 e. The van der Waals surface area contributed by atoms with Crippen LogP contribution in [0.1, 0.15) is 17.4 Å². The highest BCUT2D eigenvalue weighted by Crippen LogP contribution is 2.28. The second-order valence-corrected chi connectivity index (χ2v) is 8.45. The minimum atomic E-state index is -3.67. The summed E-state index contributed by atoms with van der Waals surface area (Å²) in [7, 11) is -2.01. The van der Waals surface area contributed by atoms with Crippen molar-refractivity contribution in [3.63, 3.8) is 0 Å². The van der Waals surface area contributed by atoms with E-state index in [1.165, 1.54) is 4.31 Å². The number of nitrogens with one attached hydrogen (secondary N) is 1. The summed E-state index contributed by atoms with van der Waals surface area (Å²) in [6, 6.07) is 14.1. The summed E-state index contributed by atoms with van der Waals surface area (Å²) in [5.41, 5.74) is 2.12. The average Bonchev–Trinajstić information content (AvgIpc) is 2.73. The van der Waals surface area contributed by atoms with Crippen LogP contribution in [-0.4, -0.2) is 57.8 Å². The Morgan fingerprint density at radius 2 is 1.82 bits per heavy atom. The standard InChI is InChI=1S/C20H26N2O5S/c1-26-13-10-16-6-8-17(9-7-16)20(23)21-18-4-2-3-5-19(18)28(24,25)22-11-14-27-15-12-22/h2-9,20-21,23H,10-15H2,1H3. The fraction of sp³-hybridized carbons (Fsp3) is 0.400. The summed E-state index contributed by atoms with van der Waals surface area (Å²) in [5.74, 6) is 0. The maximum Gasteiger partial charge on any atom is 0.245 e. The van der Waals surface area contributed by atoms with E-state index in [9.17, 15) is 13.5 Å². The van der Waals surface area contributed by atoms with Crippen LogP contribution in [0.15, 0.2) is 53.4 Å². The van der Waals surface area contributed by atoms with E-state index < -0.39 is 16.3 Å². The first kappa shape index (κ1) is 20.8. The second kappa shape index (κ2) is 9.49. The maximum atomic E-state index is 13.0. The summed E-state index contributed by atoms with van der Waals surface area (Å²) < 4.78 is 37.7. The van der Waals surface area contributed by atoms with Crippen LogP contribution in [0.5, 0.6) is 0 Å². The first-order valence-corrected chi connectivity index (χ1v) is 10.7. The van der Waals surface area contributed by atoms with Gasteiger partial charge in [-0.3, -0.25) is 0 Å². The van der Waals surface area contributed by atoms with E-state index in [1.54, 1.807) is 31.4 Å². The average molecular weight is 407 g/mol. The lowest BCUT2D eigenvalue weighted by Gasteiger charge is -2.27. The Bertz CT molecular complexity index is 864. The third kappa shape index (κ3) is 4.89. The van der Waals surface area contributed by atoms with E-state index in [0.29, 0.717) is 44.2 Å². The highest BCUT2D eigenvalue weighted by atomic mass is 32.2. The molecule has 0 aromatic heterocycles. The molecule has 1 aliphatic rings. The Kier molecular flexibility index (Phi) is 7.03. The number of benzene rings is 2. The third-order valence-electron chi connectivity index (χ3n) is 4.66. The Balaban J connectivity index is 1.77. The Morgan fingerprint density at radius 1 is 1.14 bits per heavy atom. The molecule has 0 aliphatic carbocycles. The van der Waals surface area contributed by atoms with Gasteiger partial charge in [0.1, 0.15) is 4.90 Å². The SMILES string of the molecule is COCCc1ccc(C(O)Nc2ccccc2S(=O)(=O)N2CCOCC2)cc1.